The standard InChI is InChI=1S/3C6H13O.ClH.Ti/c3*1-3-5-6(7)4-2;;/h3*6H,3-5H2,1-2H3;1H;/q3*-1;;+4/p-1. The summed E-state index contributed by atoms with van der Waals surface area (Å²) in [6.07, 6.45) is 7.07. The molecule has 0 heterocycles. The van der Waals surface area contributed by atoms with E-state index in [1.54, 1.807) is 0 Å². The maximum absolute atomic E-state index is 10.5. The second kappa shape index (κ2) is 30.7. The van der Waals surface area contributed by atoms with Gasteiger partial charge in [0, 0.05) is 0 Å². The minimum atomic E-state index is -0.301. The Hall–Kier alpha value is 0.884. The van der Waals surface area contributed by atoms with E-state index in [-0.39, 0.29) is 18.3 Å². The fourth-order valence-corrected chi connectivity index (χ4v) is 1.58. The maximum atomic E-state index is 10.5. The summed E-state index contributed by atoms with van der Waals surface area (Å²) in [5.41, 5.74) is 0. The summed E-state index contributed by atoms with van der Waals surface area (Å²) in [4.78, 5) is 0. The van der Waals surface area contributed by atoms with Crippen molar-refractivity contribution in [3.05, 3.63) is 0 Å². The monoisotopic (exact) mass is 386 g/mol. The molecule has 0 rings (SSSR count). The number of hydrogen-bond donors (Lipinski definition) is 0. The van der Waals surface area contributed by atoms with Gasteiger partial charge in [-0.1, -0.05) is 99.3 Å². The average Bonchev–Trinajstić information content (AvgIpc) is 2.58. The molecule has 140 valence electrons. The molecule has 3 atom stereocenters. The summed E-state index contributed by atoms with van der Waals surface area (Å²) >= 11 is 1.47. The predicted octanol–water partition coefficient (Wildman–Crippen LogP) is 3.46. The summed E-state index contributed by atoms with van der Waals surface area (Å²) in [6.45, 7) is 11.9. The summed E-state index contributed by atoms with van der Waals surface area (Å²) in [6, 6.07) is 0. The average molecular weight is 387 g/mol. The van der Waals surface area contributed by atoms with Gasteiger partial charge in [-0.3, -0.25) is 0 Å². The first-order valence-corrected chi connectivity index (χ1v) is 11.2. The van der Waals surface area contributed by atoms with Crippen molar-refractivity contribution in [3.63, 3.8) is 0 Å². The van der Waals surface area contributed by atoms with Gasteiger partial charge in [0.2, 0.25) is 0 Å². The Morgan fingerprint density at radius 1 is 0.565 bits per heavy atom. The second-order valence-corrected chi connectivity index (χ2v) is 5.46. The first kappa shape index (κ1) is 31.6. The van der Waals surface area contributed by atoms with E-state index in [2.05, 4.69) is 9.30 Å². The fraction of sp³-hybridized carbons (Fsp3) is 1.00. The molecule has 0 N–H and O–H groups in total. The van der Waals surface area contributed by atoms with Gasteiger partial charge >= 0.3 is 28.7 Å². The van der Waals surface area contributed by atoms with E-state index in [1.807, 2.05) is 41.5 Å². The van der Waals surface area contributed by atoms with Gasteiger partial charge in [-0.25, -0.2) is 0 Å². The molecule has 0 radical (unpaired) electrons. The minimum absolute atomic E-state index is 0.301. The Bertz CT molecular complexity index is 146. The van der Waals surface area contributed by atoms with Gasteiger partial charge in [-0.15, -0.1) is 18.3 Å². The summed E-state index contributed by atoms with van der Waals surface area (Å²) in [5.74, 6) is 0. The Morgan fingerprint density at radius 3 is 0.783 bits per heavy atom. The quantitative estimate of drug-likeness (QED) is 0.570. The Morgan fingerprint density at radius 2 is 0.739 bits per heavy atom. The van der Waals surface area contributed by atoms with Crippen LogP contribution in [0, 0.1) is 0 Å². The molecular formula is C18H39ClO3Ti. The molecule has 0 aliphatic rings. The van der Waals surface area contributed by atoms with Crippen LogP contribution in [-0.4, -0.2) is 18.3 Å². The molecule has 0 aliphatic carbocycles. The van der Waals surface area contributed by atoms with Crippen molar-refractivity contribution in [1.82, 2.24) is 0 Å². The van der Waals surface area contributed by atoms with Crippen LogP contribution in [0.2, 0.25) is 0 Å². The number of hydrogen-bond acceptors (Lipinski definition) is 3. The van der Waals surface area contributed by atoms with Gasteiger partial charge in [-0.05, 0) is 0 Å². The second-order valence-electron chi connectivity index (χ2n) is 5.46. The molecule has 3 unspecified atom stereocenters. The zero-order chi connectivity index (χ0) is 19.1. The number of halogens is 1. The third-order valence-electron chi connectivity index (χ3n) is 3.20. The van der Waals surface area contributed by atoms with Gasteiger partial charge in [0.1, 0.15) is 0 Å². The van der Waals surface area contributed by atoms with E-state index in [1.165, 1.54) is 19.4 Å². The van der Waals surface area contributed by atoms with Crippen LogP contribution < -0.4 is 15.3 Å². The van der Waals surface area contributed by atoms with E-state index >= 15 is 0 Å². The van der Waals surface area contributed by atoms with Gasteiger partial charge in [0.15, 0.2) is 0 Å². The van der Waals surface area contributed by atoms with E-state index in [9.17, 15) is 15.3 Å². The van der Waals surface area contributed by atoms with E-state index < -0.39 is 0 Å². The molecule has 0 fully saturated rings. The molecule has 23 heavy (non-hydrogen) atoms. The first-order chi connectivity index (χ1) is 10.9. The third-order valence-corrected chi connectivity index (χ3v) is 3.20. The van der Waals surface area contributed by atoms with Crippen molar-refractivity contribution in [3.8, 4) is 0 Å². The van der Waals surface area contributed by atoms with Gasteiger partial charge in [-0.2, -0.15) is 0 Å². The molecular weight excluding hydrogens is 348 g/mol. The molecule has 0 aliphatic heterocycles. The molecule has 0 aromatic heterocycles. The molecule has 0 saturated carbocycles. The molecule has 5 heteroatoms. The predicted molar refractivity (Wildman–Crippen MR) is 92.8 cm³/mol. The molecule has 0 aromatic carbocycles. The Labute approximate surface area is 161 Å². The van der Waals surface area contributed by atoms with E-state index in [0.717, 1.165) is 57.8 Å². The van der Waals surface area contributed by atoms with Crippen LogP contribution in [0.1, 0.15) is 99.3 Å². The first-order valence-electron chi connectivity index (χ1n) is 9.09. The molecule has 0 amide bonds. The van der Waals surface area contributed by atoms with Crippen LogP contribution in [0.3, 0.4) is 0 Å². The van der Waals surface area contributed by atoms with Crippen molar-refractivity contribution < 1.29 is 34.7 Å². The van der Waals surface area contributed by atoms with E-state index in [4.69, 9.17) is 0 Å². The van der Waals surface area contributed by atoms with Crippen molar-refractivity contribution in [2.75, 3.05) is 0 Å². The molecule has 0 aromatic rings. The zero-order valence-corrected chi connectivity index (χ0v) is 18.5. The van der Waals surface area contributed by atoms with Gasteiger partial charge in [0.25, 0.3) is 0 Å². The van der Waals surface area contributed by atoms with Gasteiger partial charge < -0.3 is 15.3 Å². The SMILES string of the molecule is CCCC([O-])CC.CCCC([O-])CC.CCCC([O-])CC.[Cl][Ti+3]. The molecule has 0 saturated heterocycles. The van der Waals surface area contributed by atoms with Crippen molar-refractivity contribution >= 4 is 9.30 Å². The summed E-state index contributed by atoms with van der Waals surface area (Å²) in [5, 5.41) is 31.5. The van der Waals surface area contributed by atoms with E-state index in [0.29, 0.717) is 0 Å². The summed E-state index contributed by atoms with van der Waals surface area (Å²) < 4.78 is 0. The van der Waals surface area contributed by atoms with Crippen molar-refractivity contribution in [1.29, 1.82) is 0 Å². The van der Waals surface area contributed by atoms with Crippen LogP contribution in [0.25, 0.3) is 0 Å². The third kappa shape index (κ3) is 39.6. The van der Waals surface area contributed by atoms with Crippen LogP contribution in [0.5, 0.6) is 0 Å². The van der Waals surface area contributed by atoms with Crippen LogP contribution in [0.15, 0.2) is 0 Å². The van der Waals surface area contributed by atoms with Gasteiger partial charge in [0.05, 0.1) is 0 Å². The molecule has 0 bridgehead atoms. The Balaban J connectivity index is -0.000000111. The molecule has 3 nitrogen and oxygen atoms in total. The van der Waals surface area contributed by atoms with Crippen LogP contribution >= 0.6 is 9.30 Å². The topological polar surface area (TPSA) is 69.2 Å². The van der Waals surface area contributed by atoms with Crippen molar-refractivity contribution in [2.45, 2.75) is 118 Å². The Kier molecular flexibility index (Phi) is 42.3. The van der Waals surface area contributed by atoms with Crippen molar-refractivity contribution in [2.24, 2.45) is 0 Å². The zero-order valence-electron chi connectivity index (χ0n) is 16.2. The van der Waals surface area contributed by atoms with Crippen LogP contribution in [0.4, 0.5) is 0 Å². The van der Waals surface area contributed by atoms with Crippen LogP contribution in [-0.2, 0) is 19.4 Å². The fourth-order valence-electron chi connectivity index (χ4n) is 1.58. The summed E-state index contributed by atoms with van der Waals surface area (Å²) in [7, 11) is 4.64. The molecule has 0 spiro atoms. The number of rotatable bonds is 9. The normalized spacial score (nSPS) is 13.2.